The van der Waals surface area contributed by atoms with Crippen LogP contribution in [0.1, 0.15) is 35.4 Å². The van der Waals surface area contributed by atoms with Crippen molar-refractivity contribution >= 4 is 29.2 Å². The van der Waals surface area contributed by atoms with E-state index in [0.717, 1.165) is 54.6 Å². The third-order valence-corrected chi connectivity index (χ3v) is 7.04. The van der Waals surface area contributed by atoms with Gasteiger partial charge in [-0.2, -0.15) is 0 Å². The SMILES string of the molecule is O=C(O)Cc1ccc(C2CCN(Cc3ccc4c(c3)Nc3nccnc3S4)CC2)cc1. The lowest BCUT2D eigenvalue weighted by Gasteiger charge is -2.32. The van der Waals surface area contributed by atoms with E-state index in [2.05, 4.69) is 50.5 Å². The minimum atomic E-state index is -0.783. The van der Waals surface area contributed by atoms with Crippen LogP contribution in [0.25, 0.3) is 0 Å². The zero-order valence-electron chi connectivity index (χ0n) is 17.1. The number of rotatable bonds is 5. The number of hydrogen-bond acceptors (Lipinski definition) is 6. The van der Waals surface area contributed by atoms with Gasteiger partial charge < -0.3 is 10.4 Å². The van der Waals surface area contributed by atoms with Gasteiger partial charge >= 0.3 is 5.97 Å². The van der Waals surface area contributed by atoms with E-state index in [0.29, 0.717) is 5.92 Å². The Labute approximate surface area is 185 Å². The Morgan fingerprint density at radius 1 is 1.06 bits per heavy atom. The average Bonchev–Trinajstić information content (AvgIpc) is 2.78. The molecule has 0 radical (unpaired) electrons. The number of nitrogens with zero attached hydrogens (tertiary/aromatic N) is 3. The van der Waals surface area contributed by atoms with Gasteiger partial charge in [-0.05, 0) is 60.7 Å². The first-order chi connectivity index (χ1) is 15.1. The van der Waals surface area contributed by atoms with Crippen LogP contribution in [0.15, 0.2) is 64.8 Å². The molecule has 1 aromatic heterocycles. The van der Waals surface area contributed by atoms with Gasteiger partial charge in [0.1, 0.15) is 5.03 Å². The summed E-state index contributed by atoms with van der Waals surface area (Å²) in [5.41, 5.74) is 4.59. The number of benzene rings is 2. The van der Waals surface area contributed by atoms with Gasteiger partial charge in [-0.25, -0.2) is 9.97 Å². The summed E-state index contributed by atoms with van der Waals surface area (Å²) in [6.45, 7) is 3.07. The van der Waals surface area contributed by atoms with E-state index in [1.54, 1.807) is 24.2 Å². The molecule has 3 aromatic rings. The molecule has 0 bridgehead atoms. The molecule has 7 heteroatoms. The molecule has 0 aliphatic carbocycles. The number of hydrogen-bond donors (Lipinski definition) is 2. The molecule has 2 aliphatic heterocycles. The highest BCUT2D eigenvalue weighted by Gasteiger charge is 2.22. The smallest absolute Gasteiger partial charge is 0.307 e. The lowest BCUT2D eigenvalue weighted by Crippen LogP contribution is -2.32. The number of carboxylic acid groups (broad SMARTS) is 1. The lowest BCUT2D eigenvalue weighted by molar-refractivity contribution is -0.136. The van der Waals surface area contributed by atoms with Crippen molar-refractivity contribution in [3.63, 3.8) is 0 Å². The molecule has 2 aliphatic rings. The summed E-state index contributed by atoms with van der Waals surface area (Å²) in [6.07, 6.45) is 5.78. The normalized spacial score (nSPS) is 16.3. The highest BCUT2D eigenvalue weighted by molar-refractivity contribution is 7.99. The number of carbonyl (C=O) groups is 1. The third kappa shape index (κ3) is 4.57. The molecule has 6 nitrogen and oxygen atoms in total. The zero-order valence-corrected chi connectivity index (χ0v) is 17.9. The van der Waals surface area contributed by atoms with E-state index in [-0.39, 0.29) is 6.42 Å². The van der Waals surface area contributed by atoms with Gasteiger partial charge in [0.15, 0.2) is 5.82 Å². The number of fused-ring (bicyclic) bond motifs is 2. The van der Waals surface area contributed by atoms with E-state index >= 15 is 0 Å². The molecule has 2 aromatic carbocycles. The number of likely N-dealkylation sites (tertiary alicyclic amines) is 1. The first-order valence-electron chi connectivity index (χ1n) is 10.6. The molecule has 0 unspecified atom stereocenters. The van der Waals surface area contributed by atoms with Crippen LogP contribution >= 0.6 is 11.8 Å². The standard InChI is InChI=1S/C24H24N4O2S/c29-22(30)14-16-1-4-18(5-2-16)19-7-11-28(12-8-19)15-17-3-6-21-20(13-17)27-23-24(31-21)26-10-9-25-23/h1-6,9-10,13,19H,7-8,11-12,14-15H2,(H,25,27)(H,29,30). The van der Waals surface area contributed by atoms with E-state index in [9.17, 15) is 4.79 Å². The largest absolute Gasteiger partial charge is 0.481 e. The zero-order chi connectivity index (χ0) is 21.2. The molecule has 0 saturated carbocycles. The number of carboxylic acids is 1. The van der Waals surface area contributed by atoms with Gasteiger partial charge in [0.05, 0.1) is 12.1 Å². The fraction of sp³-hybridized carbons (Fsp3) is 0.292. The fourth-order valence-electron chi connectivity index (χ4n) is 4.34. The van der Waals surface area contributed by atoms with Crippen LogP contribution in [0.5, 0.6) is 0 Å². The number of anilines is 2. The Bertz CT molecular complexity index is 1090. The Balaban J connectivity index is 1.18. The Morgan fingerprint density at radius 2 is 1.81 bits per heavy atom. The molecule has 0 amide bonds. The van der Waals surface area contributed by atoms with Crippen LogP contribution in [0.2, 0.25) is 0 Å². The van der Waals surface area contributed by atoms with Gasteiger partial charge in [-0.15, -0.1) is 0 Å². The molecule has 1 fully saturated rings. The second-order valence-corrected chi connectivity index (χ2v) is 9.16. The summed E-state index contributed by atoms with van der Waals surface area (Å²) in [5, 5.41) is 13.3. The minimum absolute atomic E-state index is 0.0883. The first kappa shape index (κ1) is 20.0. The molecule has 5 rings (SSSR count). The minimum Gasteiger partial charge on any atom is -0.481 e. The lowest BCUT2D eigenvalue weighted by atomic mass is 9.88. The number of aromatic nitrogens is 2. The quantitative estimate of drug-likeness (QED) is 0.474. The average molecular weight is 433 g/mol. The summed E-state index contributed by atoms with van der Waals surface area (Å²) < 4.78 is 0. The van der Waals surface area contributed by atoms with Gasteiger partial charge in [-0.3, -0.25) is 9.69 Å². The van der Waals surface area contributed by atoms with E-state index in [1.807, 2.05) is 12.1 Å². The van der Waals surface area contributed by atoms with Crippen molar-refractivity contribution in [1.29, 1.82) is 0 Å². The highest BCUT2D eigenvalue weighted by Crippen LogP contribution is 2.42. The Kier molecular flexibility index (Phi) is 5.61. The van der Waals surface area contributed by atoms with Crippen molar-refractivity contribution in [2.75, 3.05) is 18.4 Å². The summed E-state index contributed by atoms with van der Waals surface area (Å²) in [6, 6.07) is 14.7. The summed E-state index contributed by atoms with van der Waals surface area (Å²) in [7, 11) is 0. The van der Waals surface area contributed by atoms with Crippen molar-refractivity contribution in [3.8, 4) is 0 Å². The second kappa shape index (κ2) is 8.69. The van der Waals surface area contributed by atoms with Crippen LogP contribution in [0.3, 0.4) is 0 Å². The van der Waals surface area contributed by atoms with Crippen molar-refractivity contribution in [1.82, 2.24) is 14.9 Å². The molecule has 158 valence electrons. The van der Waals surface area contributed by atoms with Gasteiger partial charge in [0.25, 0.3) is 0 Å². The summed E-state index contributed by atoms with van der Waals surface area (Å²) in [5.74, 6) is 0.591. The maximum Gasteiger partial charge on any atom is 0.307 e. The topological polar surface area (TPSA) is 78.4 Å². The second-order valence-electron chi connectivity index (χ2n) is 8.13. The molecule has 0 spiro atoms. The van der Waals surface area contributed by atoms with E-state index < -0.39 is 5.97 Å². The summed E-state index contributed by atoms with van der Waals surface area (Å²) >= 11 is 1.66. The van der Waals surface area contributed by atoms with Crippen LogP contribution in [0.4, 0.5) is 11.5 Å². The fourth-order valence-corrected chi connectivity index (χ4v) is 5.22. The number of aliphatic carboxylic acids is 1. The Morgan fingerprint density at radius 3 is 2.58 bits per heavy atom. The third-order valence-electron chi connectivity index (χ3n) is 5.97. The summed E-state index contributed by atoms with van der Waals surface area (Å²) in [4.78, 5) is 23.3. The van der Waals surface area contributed by atoms with Crippen molar-refractivity contribution < 1.29 is 9.90 Å². The predicted molar refractivity (Wildman–Crippen MR) is 121 cm³/mol. The van der Waals surface area contributed by atoms with Crippen LogP contribution in [-0.2, 0) is 17.8 Å². The predicted octanol–water partition coefficient (Wildman–Crippen LogP) is 4.69. The van der Waals surface area contributed by atoms with Gasteiger partial charge in [0.2, 0.25) is 0 Å². The number of piperidine rings is 1. The van der Waals surface area contributed by atoms with Crippen molar-refractivity contribution in [2.45, 2.75) is 41.6 Å². The van der Waals surface area contributed by atoms with Crippen molar-refractivity contribution in [3.05, 3.63) is 71.5 Å². The van der Waals surface area contributed by atoms with E-state index in [4.69, 9.17) is 5.11 Å². The van der Waals surface area contributed by atoms with Gasteiger partial charge in [0, 0.05) is 23.8 Å². The molecule has 0 atom stereocenters. The maximum absolute atomic E-state index is 10.9. The van der Waals surface area contributed by atoms with Gasteiger partial charge in [-0.1, -0.05) is 42.1 Å². The molecular weight excluding hydrogens is 408 g/mol. The molecule has 31 heavy (non-hydrogen) atoms. The van der Waals surface area contributed by atoms with Crippen LogP contribution in [-0.4, -0.2) is 39.0 Å². The number of nitrogens with one attached hydrogen (secondary N) is 1. The monoisotopic (exact) mass is 432 g/mol. The molecule has 1 saturated heterocycles. The maximum atomic E-state index is 10.9. The van der Waals surface area contributed by atoms with E-state index in [1.165, 1.54) is 16.0 Å². The molecule has 3 heterocycles. The van der Waals surface area contributed by atoms with Crippen molar-refractivity contribution in [2.24, 2.45) is 0 Å². The Hall–Kier alpha value is -2.90. The molecular formula is C24H24N4O2S. The van der Waals surface area contributed by atoms with Crippen LogP contribution < -0.4 is 5.32 Å². The van der Waals surface area contributed by atoms with Crippen LogP contribution in [0, 0.1) is 0 Å². The highest BCUT2D eigenvalue weighted by atomic mass is 32.2. The molecule has 2 N–H and O–H groups in total. The first-order valence-corrected chi connectivity index (χ1v) is 11.4.